The third-order valence-electron chi connectivity index (χ3n) is 4.71. The molecule has 2 aromatic rings. The number of allylic oxidation sites excluding steroid dienone is 1. The molecular weight excluding hydrogens is 344 g/mol. The second kappa shape index (κ2) is 7.63. The van der Waals surface area contributed by atoms with Crippen molar-refractivity contribution in [2.45, 2.75) is 25.3 Å². The third kappa shape index (κ3) is 3.71. The summed E-state index contributed by atoms with van der Waals surface area (Å²) in [4.78, 5) is 23.4. The van der Waals surface area contributed by atoms with Crippen LogP contribution in [0.3, 0.4) is 0 Å². The molecule has 0 heterocycles. The van der Waals surface area contributed by atoms with Gasteiger partial charge in [-0.1, -0.05) is 60.7 Å². The van der Waals surface area contributed by atoms with Crippen molar-refractivity contribution in [3.8, 4) is 11.1 Å². The Bertz CT molecular complexity index is 848. The number of hydrogen-bond donors (Lipinski definition) is 3. The molecule has 2 aromatic carbocycles. The monoisotopic (exact) mass is 366 g/mol. The molecule has 3 N–H and O–H groups in total. The minimum absolute atomic E-state index is 0.0513. The maximum absolute atomic E-state index is 12.1. The fraction of sp³-hybridized carbons (Fsp3) is 0.238. The normalized spacial score (nSPS) is 15.0. The Morgan fingerprint density at radius 3 is 2.19 bits per heavy atom. The largest absolute Gasteiger partial charge is 0.480 e. The number of fused-ring (bicyclic) bond motifs is 3. The van der Waals surface area contributed by atoms with Crippen LogP contribution in [0.2, 0.25) is 0 Å². The molecule has 140 valence electrons. The molecule has 0 fully saturated rings. The smallest absolute Gasteiger partial charge is 0.421 e. The predicted molar refractivity (Wildman–Crippen MR) is 102 cm³/mol. The Morgan fingerprint density at radius 1 is 1.11 bits per heavy atom. The zero-order valence-electron chi connectivity index (χ0n) is 15.2. The molecule has 6 heteroatoms. The number of aliphatic carboxylic acids is 1. The van der Waals surface area contributed by atoms with Gasteiger partial charge in [0.2, 0.25) is 0 Å². The van der Waals surface area contributed by atoms with E-state index in [0.29, 0.717) is 0 Å². The van der Waals surface area contributed by atoms with Gasteiger partial charge in [0.1, 0.15) is 12.1 Å². The maximum Gasteiger partial charge on any atom is 0.421 e. The van der Waals surface area contributed by atoms with Gasteiger partial charge in [-0.05, 0) is 36.1 Å². The Hall–Kier alpha value is -3.12. The number of hydrogen-bond acceptors (Lipinski definition) is 4. The van der Waals surface area contributed by atoms with Gasteiger partial charge >= 0.3 is 12.1 Å². The van der Waals surface area contributed by atoms with Gasteiger partial charge in [0.05, 0.1) is 0 Å². The first-order valence-corrected chi connectivity index (χ1v) is 8.71. The van der Waals surface area contributed by atoms with Gasteiger partial charge in [-0.2, -0.15) is 0 Å². The Labute approximate surface area is 157 Å². The Morgan fingerprint density at radius 2 is 1.67 bits per heavy atom. The summed E-state index contributed by atoms with van der Waals surface area (Å²) in [5, 5.41) is 9.29. The van der Waals surface area contributed by atoms with Crippen LogP contribution in [0.5, 0.6) is 0 Å². The van der Waals surface area contributed by atoms with Crippen molar-refractivity contribution < 1.29 is 19.4 Å². The highest BCUT2D eigenvalue weighted by atomic mass is 16.6. The second-order valence-corrected chi connectivity index (χ2v) is 6.58. The van der Waals surface area contributed by atoms with Gasteiger partial charge < -0.3 is 9.84 Å². The fourth-order valence-electron chi connectivity index (χ4n) is 3.32. The SMILES string of the molecule is CC=C[C@@](C)(NNC(=O)OCC1c2ccccc2-c2ccccc21)C(=O)O. The van der Waals surface area contributed by atoms with Gasteiger partial charge in [0, 0.05) is 5.92 Å². The molecule has 0 radical (unpaired) electrons. The molecule has 0 aliphatic heterocycles. The second-order valence-electron chi connectivity index (χ2n) is 6.58. The number of carboxylic acid groups (broad SMARTS) is 1. The number of nitrogens with one attached hydrogen (secondary N) is 2. The van der Waals surface area contributed by atoms with Crippen LogP contribution in [0.1, 0.15) is 30.9 Å². The van der Waals surface area contributed by atoms with Crippen LogP contribution in [0.15, 0.2) is 60.7 Å². The van der Waals surface area contributed by atoms with Crippen molar-refractivity contribution in [1.29, 1.82) is 0 Å². The van der Waals surface area contributed by atoms with E-state index >= 15 is 0 Å². The quantitative estimate of drug-likeness (QED) is 0.538. The van der Waals surface area contributed by atoms with Crippen LogP contribution >= 0.6 is 0 Å². The summed E-state index contributed by atoms with van der Waals surface area (Å²) in [5.74, 6) is -1.16. The summed E-state index contributed by atoms with van der Waals surface area (Å²) >= 11 is 0. The van der Waals surface area contributed by atoms with E-state index in [2.05, 4.69) is 23.0 Å². The molecule has 1 atom stereocenters. The van der Waals surface area contributed by atoms with Crippen LogP contribution in [-0.4, -0.2) is 29.3 Å². The number of benzene rings is 2. The topological polar surface area (TPSA) is 87.7 Å². The van der Waals surface area contributed by atoms with Crippen molar-refractivity contribution in [2.24, 2.45) is 0 Å². The van der Waals surface area contributed by atoms with Crippen molar-refractivity contribution in [3.63, 3.8) is 0 Å². The van der Waals surface area contributed by atoms with Crippen molar-refractivity contribution in [1.82, 2.24) is 10.9 Å². The van der Waals surface area contributed by atoms with E-state index in [-0.39, 0.29) is 12.5 Å². The van der Waals surface area contributed by atoms with E-state index in [1.54, 1.807) is 13.0 Å². The van der Waals surface area contributed by atoms with E-state index in [9.17, 15) is 14.7 Å². The van der Waals surface area contributed by atoms with Gasteiger partial charge in [-0.3, -0.25) is 5.43 Å². The highest BCUT2D eigenvalue weighted by Gasteiger charge is 2.31. The minimum atomic E-state index is -1.42. The molecule has 1 aliphatic carbocycles. The number of amides is 1. The average Bonchev–Trinajstić information content (AvgIpc) is 2.99. The van der Waals surface area contributed by atoms with E-state index in [0.717, 1.165) is 22.3 Å². The molecule has 6 nitrogen and oxygen atoms in total. The molecule has 3 rings (SSSR count). The molecule has 0 saturated heterocycles. The van der Waals surface area contributed by atoms with Crippen molar-refractivity contribution in [3.05, 3.63) is 71.8 Å². The van der Waals surface area contributed by atoms with Gasteiger partial charge in [0.15, 0.2) is 0 Å². The number of rotatable bonds is 6. The predicted octanol–water partition coefficient (Wildman–Crippen LogP) is 3.45. The summed E-state index contributed by atoms with van der Waals surface area (Å²) in [6.07, 6.45) is 2.31. The van der Waals surface area contributed by atoms with Crippen LogP contribution < -0.4 is 10.9 Å². The zero-order chi connectivity index (χ0) is 19.4. The minimum Gasteiger partial charge on any atom is -0.480 e. The van der Waals surface area contributed by atoms with E-state index in [1.165, 1.54) is 13.0 Å². The number of ether oxygens (including phenoxy) is 1. The molecule has 0 bridgehead atoms. The number of carbonyl (C=O) groups excluding carboxylic acids is 1. The van der Waals surface area contributed by atoms with Gasteiger partial charge in [0.25, 0.3) is 0 Å². The molecule has 0 aromatic heterocycles. The summed E-state index contributed by atoms with van der Waals surface area (Å²) in [6, 6.07) is 16.1. The fourth-order valence-corrected chi connectivity index (χ4v) is 3.32. The van der Waals surface area contributed by atoms with Gasteiger partial charge in [-0.15, -0.1) is 0 Å². The van der Waals surface area contributed by atoms with Crippen molar-refractivity contribution >= 4 is 12.1 Å². The lowest BCUT2D eigenvalue weighted by Gasteiger charge is -2.23. The molecule has 0 spiro atoms. The Balaban J connectivity index is 1.67. The van der Waals surface area contributed by atoms with Crippen LogP contribution in [0.25, 0.3) is 11.1 Å². The summed E-state index contributed by atoms with van der Waals surface area (Å²) < 4.78 is 5.36. The molecule has 0 saturated carbocycles. The van der Waals surface area contributed by atoms with Crippen molar-refractivity contribution in [2.75, 3.05) is 6.61 Å². The lowest BCUT2D eigenvalue weighted by atomic mass is 9.98. The highest BCUT2D eigenvalue weighted by molar-refractivity contribution is 5.81. The first-order valence-electron chi connectivity index (χ1n) is 8.71. The highest BCUT2D eigenvalue weighted by Crippen LogP contribution is 2.44. The maximum atomic E-state index is 12.1. The molecular formula is C21H22N2O4. The molecule has 1 aliphatic rings. The molecule has 27 heavy (non-hydrogen) atoms. The first-order chi connectivity index (χ1) is 13.0. The summed E-state index contributed by atoms with van der Waals surface area (Å²) in [7, 11) is 0. The van der Waals surface area contributed by atoms with E-state index in [1.807, 2.05) is 36.4 Å². The zero-order valence-corrected chi connectivity index (χ0v) is 15.2. The number of carboxylic acids is 1. The summed E-state index contributed by atoms with van der Waals surface area (Å²) in [5.41, 5.74) is 7.92. The summed E-state index contributed by atoms with van der Waals surface area (Å²) in [6.45, 7) is 3.31. The van der Waals surface area contributed by atoms with Crippen LogP contribution in [-0.2, 0) is 9.53 Å². The molecule has 0 unspecified atom stereocenters. The first kappa shape index (κ1) is 18.7. The Kier molecular flexibility index (Phi) is 5.28. The lowest BCUT2D eigenvalue weighted by Crippen LogP contribution is -2.56. The number of hydrazine groups is 1. The third-order valence-corrected chi connectivity index (χ3v) is 4.71. The van der Waals surface area contributed by atoms with Crippen LogP contribution in [0, 0.1) is 0 Å². The standard InChI is InChI=1S/C21H22N2O4/c1-3-12-21(2,19(24)25)23-22-20(26)27-13-18-16-10-6-4-8-14(16)15-9-5-7-11-17(15)18/h3-12,18,23H,13H2,1-2H3,(H,22,26)(H,24,25)/t21-/m1/s1. The van der Waals surface area contributed by atoms with E-state index < -0.39 is 17.6 Å². The lowest BCUT2D eigenvalue weighted by molar-refractivity contribution is -0.142. The van der Waals surface area contributed by atoms with E-state index in [4.69, 9.17) is 4.74 Å². The van der Waals surface area contributed by atoms with Gasteiger partial charge in [-0.25, -0.2) is 15.0 Å². The molecule has 1 amide bonds. The number of carbonyl (C=O) groups is 2. The average molecular weight is 366 g/mol. The van der Waals surface area contributed by atoms with Crippen LogP contribution in [0.4, 0.5) is 4.79 Å².